The van der Waals surface area contributed by atoms with Gasteiger partial charge in [-0.15, -0.1) is 0 Å². The summed E-state index contributed by atoms with van der Waals surface area (Å²) in [7, 11) is 0. The fourth-order valence-electron chi connectivity index (χ4n) is 5.62. The number of halogens is 1. The maximum atomic E-state index is 12.7. The highest BCUT2D eigenvalue weighted by molar-refractivity contribution is 6.35. The molecular formula is C23H27ClN4O3. The van der Waals surface area contributed by atoms with E-state index in [-0.39, 0.29) is 11.7 Å². The number of carbonyl (C=O) groups excluding carboxylic acids is 1. The summed E-state index contributed by atoms with van der Waals surface area (Å²) in [5.41, 5.74) is 1.45. The van der Waals surface area contributed by atoms with Crippen molar-refractivity contribution in [2.75, 3.05) is 19.7 Å². The summed E-state index contributed by atoms with van der Waals surface area (Å²) in [6.45, 7) is 4.85. The lowest BCUT2D eigenvalue weighted by Crippen LogP contribution is -2.44. The molecule has 1 amide bonds. The summed E-state index contributed by atoms with van der Waals surface area (Å²) in [5, 5.41) is 9.78. The summed E-state index contributed by atoms with van der Waals surface area (Å²) in [4.78, 5) is 19.0. The Kier molecular flexibility index (Phi) is 5.10. The molecule has 8 heteroatoms. The van der Waals surface area contributed by atoms with Gasteiger partial charge >= 0.3 is 6.09 Å². The lowest BCUT2D eigenvalue weighted by molar-refractivity contribution is -0.00120. The molecule has 1 saturated carbocycles. The van der Waals surface area contributed by atoms with Crippen LogP contribution in [0, 0.1) is 17.2 Å². The molecule has 1 aromatic carbocycles. The van der Waals surface area contributed by atoms with Gasteiger partial charge in [0.15, 0.2) is 0 Å². The van der Waals surface area contributed by atoms with Crippen molar-refractivity contribution in [3.63, 3.8) is 0 Å². The van der Waals surface area contributed by atoms with Gasteiger partial charge in [0.05, 0.1) is 47.2 Å². The molecule has 2 aliphatic heterocycles. The third-order valence-electron chi connectivity index (χ3n) is 7.04. The Morgan fingerprint density at radius 2 is 2.23 bits per heavy atom. The second kappa shape index (κ2) is 7.68. The number of fused-ring (bicyclic) bond motifs is 1. The first kappa shape index (κ1) is 20.6. The maximum Gasteiger partial charge on any atom is 0.410 e. The number of nitrogens with zero attached hydrogens (tertiary/aromatic N) is 4. The molecule has 3 atom stereocenters. The number of carbonyl (C=O) groups is 1. The topological polar surface area (TPSA) is 80.4 Å². The number of amides is 1. The van der Waals surface area contributed by atoms with E-state index in [0.29, 0.717) is 29.6 Å². The molecule has 164 valence electrons. The van der Waals surface area contributed by atoms with Crippen molar-refractivity contribution < 1.29 is 14.3 Å². The molecule has 1 aromatic heterocycles. The minimum absolute atomic E-state index is 0.212. The van der Waals surface area contributed by atoms with E-state index in [0.717, 1.165) is 62.7 Å². The standard InChI is InChI=1S/C23H27ClN4O3/c1-22(5-3-7-30-22)13-28-14-23(31-21(28)29)6-2-4-16(10-23)12-27-15-26-20-18(24)8-17(11-25)9-19(20)27/h8-9,15-16H,2-7,10,12-14H2,1H3. The van der Waals surface area contributed by atoms with E-state index in [4.69, 9.17) is 21.1 Å². The molecule has 31 heavy (non-hydrogen) atoms. The Morgan fingerprint density at radius 1 is 1.35 bits per heavy atom. The normalized spacial score (nSPS) is 30.8. The highest BCUT2D eigenvalue weighted by Crippen LogP contribution is 2.42. The molecule has 0 N–H and O–H groups in total. The molecule has 3 aliphatic rings. The minimum atomic E-state index is -0.416. The van der Waals surface area contributed by atoms with Crippen LogP contribution in [0.5, 0.6) is 0 Å². The smallest absolute Gasteiger partial charge is 0.410 e. The summed E-state index contributed by atoms with van der Waals surface area (Å²) >= 11 is 6.31. The van der Waals surface area contributed by atoms with Crippen molar-refractivity contribution in [2.45, 2.75) is 63.2 Å². The van der Waals surface area contributed by atoms with Gasteiger partial charge in [-0.05, 0) is 63.5 Å². The van der Waals surface area contributed by atoms with Gasteiger partial charge < -0.3 is 18.9 Å². The van der Waals surface area contributed by atoms with Crippen molar-refractivity contribution in [3.8, 4) is 6.07 Å². The summed E-state index contributed by atoms with van der Waals surface area (Å²) in [6.07, 6.45) is 7.44. The van der Waals surface area contributed by atoms with Crippen LogP contribution in [0.2, 0.25) is 5.02 Å². The van der Waals surface area contributed by atoms with E-state index < -0.39 is 5.60 Å². The van der Waals surface area contributed by atoms with Crippen LogP contribution in [-0.4, -0.2) is 51.4 Å². The average molecular weight is 443 g/mol. The van der Waals surface area contributed by atoms with Crippen molar-refractivity contribution in [1.82, 2.24) is 14.5 Å². The number of ether oxygens (including phenoxy) is 2. The Labute approximate surface area is 186 Å². The number of imidazole rings is 1. The molecule has 7 nitrogen and oxygen atoms in total. The van der Waals surface area contributed by atoms with Crippen LogP contribution in [0.25, 0.3) is 11.0 Å². The van der Waals surface area contributed by atoms with Crippen LogP contribution in [0.15, 0.2) is 18.5 Å². The first-order chi connectivity index (χ1) is 14.9. The van der Waals surface area contributed by atoms with Crippen LogP contribution in [0.1, 0.15) is 51.0 Å². The third kappa shape index (κ3) is 3.88. The predicted molar refractivity (Wildman–Crippen MR) is 116 cm³/mol. The molecule has 2 saturated heterocycles. The van der Waals surface area contributed by atoms with E-state index in [2.05, 4.69) is 22.5 Å². The van der Waals surface area contributed by atoms with Gasteiger partial charge in [-0.1, -0.05) is 11.6 Å². The molecule has 0 radical (unpaired) electrons. The monoisotopic (exact) mass is 442 g/mol. The SMILES string of the molecule is CC1(CN2CC3(CCCC(Cn4cnc5c(Cl)cc(C#N)cc54)C3)OC2=O)CCCO1. The molecule has 0 bridgehead atoms. The van der Waals surface area contributed by atoms with Crippen molar-refractivity contribution in [2.24, 2.45) is 5.92 Å². The zero-order valence-corrected chi connectivity index (χ0v) is 18.5. The second-order valence-electron chi connectivity index (χ2n) is 9.61. The van der Waals surface area contributed by atoms with Crippen LogP contribution in [0.3, 0.4) is 0 Å². The second-order valence-corrected chi connectivity index (χ2v) is 10.0. The largest absolute Gasteiger partial charge is 0.441 e. The number of hydrogen-bond acceptors (Lipinski definition) is 5. The van der Waals surface area contributed by atoms with Crippen LogP contribution >= 0.6 is 11.6 Å². The molecule has 2 aromatic rings. The number of aromatic nitrogens is 2. The van der Waals surface area contributed by atoms with Gasteiger partial charge in [0.2, 0.25) is 0 Å². The Balaban J connectivity index is 1.31. The summed E-state index contributed by atoms with van der Waals surface area (Å²) in [5.74, 6) is 0.363. The third-order valence-corrected chi connectivity index (χ3v) is 7.32. The molecular weight excluding hydrogens is 416 g/mol. The number of rotatable bonds is 4. The molecule has 5 rings (SSSR count). The number of hydrogen-bond donors (Lipinski definition) is 0. The van der Waals surface area contributed by atoms with E-state index >= 15 is 0 Å². The van der Waals surface area contributed by atoms with Gasteiger partial charge in [-0.2, -0.15) is 5.26 Å². The van der Waals surface area contributed by atoms with Crippen molar-refractivity contribution >= 4 is 28.7 Å². The molecule has 3 unspecified atom stereocenters. The fourth-order valence-corrected chi connectivity index (χ4v) is 5.89. The first-order valence-corrected chi connectivity index (χ1v) is 11.4. The first-order valence-electron chi connectivity index (χ1n) is 11.1. The van der Waals surface area contributed by atoms with E-state index in [1.165, 1.54) is 0 Å². The molecule has 1 spiro atoms. The predicted octanol–water partition coefficient (Wildman–Crippen LogP) is 4.51. The lowest BCUT2D eigenvalue weighted by Gasteiger charge is -2.36. The van der Waals surface area contributed by atoms with Gasteiger partial charge in [0.1, 0.15) is 11.1 Å². The highest BCUT2D eigenvalue weighted by atomic mass is 35.5. The highest BCUT2D eigenvalue weighted by Gasteiger charge is 2.49. The quantitative estimate of drug-likeness (QED) is 0.695. The Morgan fingerprint density at radius 3 is 3.00 bits per heavy atom. The van der Waals surface area contributed by atoms with Crippen LogP contribution in [0.4, 0.5) is 4.79 Å². The van der Waals surface area contributed by atoms with Crippen molar-refractivity contribution in [3.05, 3.63) is 29.0 Å². The maximum absolute atomic E-state index is 12.7. The minimum Gasteiger partial charge on any atom is -0.441 e. The lowest BCUT2D eigenvalue weighted by atomic mass is 9.78. The zero-order chi connectivity index (χ0) is 21.6. The van der Waals surface area contributed by atoms with Gasteiger partial charge in [0.25, 0.3) is 0 Å². The molecule has 3 fully saturated rings. The van der Waals surface area contributed by atoms with E-state index in [1.54, 1.807) is 12.4 Å². The van der Waals surface area contributed by atoms with E-state index in [9.17, 15) is 10.1 Å². The summed E-state index contributed by atoms with van der Waals surface area (Å²) in [6, 6.07) is 5.65. The molecule has 1 aliphatic carbocycles. The van der Waals surface area contributed by atoms with Crippen molar-refractivity contribution in [1.29, 1.82) is 5.26 Å². The zero-order valence-electron chi connectivity index (χ0n) is 17.8. The molecule has 3 heterocycles. The van der Waals surface area contributed by atoms with Gasteiger partial charge in [-0.3, -0.25) is 0 Å². The van der Waals surface area contributed by atoms with Crippen LogP contribution in [-0.2, 0) is 16.0 Å². The average Bonchev–Trinajstić information content (AvgIpc) is 3.41. The van der Waals surface area contributed by atoms with Gasteiger partial charge in [0, 0.05) is 13.2 Å². The Bertz CT molecular complexity index is 1060. The fraction of sp³-hybridized carbons (Fsp3) is 0.609. The summed E-state index contributed by atoms with van der Waals surface area (Å²) < 4.78 is 14.0. The Hall–Kier alpha value is -2.30. The van der Waals surface area contributed by atoms with Crippen LogP contribution < -0.4 is 0 Å². The van der Waals surface area contributed by atoms with Gasteiger partial charge in [-0.25, -0.2) is 9.78 Å². The van der Waals surface area contributed by atoms with E-state index in [1.807, 2.05) is 11.0 Å². The number of benzene rings is 1. The number of nitriles is 1.